The van der Waals surface area contributed by atoms with Crippen molar-refractivity contribution in [2.75, 3.05) is 13.2 Å². The van der Waals surface area contributed by atoms with Gasteiger partial charge in [0.25, 0.3) is 0 Å². The maximum Gasteiger partial charge on any atom is 0.311 e. The number of rotatable bonds is 4. The van der Waals surface area contributed by atoms with Crippen molar-refractivity contribution in [3.63, 3.8) is 0 Å². The summed E-state index contributed by atoms with van der Waals surface area (Å²) in [7, 11) is 0. The van der Waals surface area contributed by atoms with Gasteiger partial charge < -0.3 is 9.47 Å². The van der Waals surface area contributed by atoms with Crippen molar-refractivity contribution in [3.05, 3.63) is 0 Å². The second-order valence-corrected chi connectivity index (χ2v) is 8.37. The summed E-state index contributed by atoms with van der Waals surface area (Å²) in [5.74, 6) is 0.0362. The van der Waals surface area contributed by atoms with E-state index in [1.807, 2.05) is 20.8 Å². The standard InChI is InChI=1S/C17H31NO3/c1-16(2,3)20-10-9-18-12-7-8-14(18)13(11-12)15(19)21-17(4,5)6/h12-14H,7-11H2,1-6H3. The van der Waals surface area contributed by atoms with Crippen molar-refractivity contribution in [1.29, 1.82) is 0 Å². The van der Waals surface area contributed by atoms with E-state index >= 15 is 0 Å². The number of carbonyl (C=O) groups excluding carboxylic acids is 1. The molecule has 0 aromatic carbocycles. The number of fused-ring (bicyclic) bond motifs is 2. The molecule has 3 atom stereocenters. The van der Waals surface area contributed by atoms with Crippen LogP contribution in [-0.4, -0.2) is 47.3 Å². The summed E-state index contributed by atoms with van der Waals surface area (Å²) in [6, 6.07) is 0.893. The molecule has 21 heavy (non-hydrogen) atoms. The van der Waals surface area contributed by atoms with Crippen molar-refractivity contribution in [2.45, 2.75) is 84.1 Å². The van der Waals surface area contributed by atoms with Gasteiger partial charge in [-0.05, 0) is 60.8 Å². The molecule has 122 valence electrons. The Morgan fingerprint density at radius 3 is 2.33 bits per heavy atom. The molecule has 0 aliphatic carbocycles. The molecular weight excluding hydrogens is 266 g/mol. The van der Waals surface area contributed by atoms with E-state index in [1.54, 1.807) is 0 Å². The molecule has 4 heteroatoms. The highest BCUT2D eigenvalue weighted by molar-refractivity contribution is 5.74. The van der Waals surface area contributed by atoms with Crippen LogP contribution in [0.4, 0.5) is 0 Å². The topological polar surface area (TPSA) is 38.8 Å². The smallest absolute Gasteiger partial charge is 0.311 e. The van der Waals surface area contributed by atoms with E-state index in [0.717, 1.165) is 26.0 Å². The number of ether oxygens (including phenoxy) is 2. The number of carbonyl (C=O) groups is 1. The maximum atomic E-state index is 12.3. The van der Waals surface area contributed by atoms with Crippen LogP contribution in [0.2, 0.25) is 0 Å². The molecule has 2 bridgehead atoms. The van der Waals surface area contributed by atoms with Gasteiger partial charge in [-0.1, -0.05) is 0 Å². The van der Waals surface area contributed by atoms with Crippen molar-refractivity contribution in [3.8, 4) is 0 Å². The van der Waals surface area contributed by atoms with Gasteiger partial charge in [0.15, 0.2) is 0 Å². The number of nitrogens with zero attached hydrogens (tertiary/aromatic N) is 1. The quantitative estimate of drug-likeness (QED) is 0.748. The van der Waals surface area contributed by atoms with E-state index in [9.17, 15) is 4.79 Å². The van der Waals surface area contributed by atoms with Crippen LogP contribution >= 0.6 is 0 Å². The first kappa shape index (κ1) is 16.8. The van der Waals surface area contributed by atoms with Gasteiger partial charge in [0.05, 0.1) is 18.1 Å². The van der Waals surface area contributed by atoms with Crippen LogP contribution in [0.1, 0.15) is 60.8 Å². The third kappa shape index (κ3) is 4.43. The minimum absolute atomic E-state index is 0.0172. The highest BCUT2D eigenvalue weighted by atomic mass is 16.6. The molecule has 2 aliphatic heterocycles. The van der Waals surface area contributed by atoms with Crippen LogP contribution in [0.15, 0.2) is 0 Å². The molecule has 0 aromatic rings. The summed E-state index contributed by atoms with van der Waals surface area (Å²) in [4.78, 5) is 14.8. The van der Waals surface area contributed by atoms with E-state index in [-0.39, 0.29) is 23.1 Å². The maximum absolute atomic E-state index is 12.3. The normalized spacial score (nSPS) is 29.9. The lowest BCUT2D eigenvalue weighted by Crippen LogP contribution is -2.38. The van der Waals surface area contributed by atoms with Gasteiger partial charge in [-0.3, -0.25) is 9.69 Å². The Balaban J connectivity index is 1.88. The molecule has 2 fully saturated rings. The zero-order valence-corrected chi connectivity index (χ0v) is 14.4. The largest absolute Gasteiger partial charge is 0.460 e. The lowest BCUT2D eigenvalue weighted by molar-refractivity contribution is -0.161. The predicted molar refractivity (Wildman–Crippen MR) is 83.2 cm³/mol. The van der Waals surface area contributed by atoms with Gasteiger partial charge in [0.2, 0.25) is 0 Å². The molecule has 3 unspecified atom stereocenters. The van der Waals surface area contributed by atoms with E-state index in [4.69, 9.17) is 9.47 Å². The average molecular weight is 297 g/mol. The Hall–Kier alpha value is -0.610. The highest BCUT2D eigenvalue weighted by Crippen LogP contribution is 2.42. The second-order valence-electron chi connectivity index (χ2n) is 8.37. The molecule has 0 amide bonds. The number of esters is 1. The van der Waals surface area contributed by atoms with Gasteiger partial charge in [0.1, 0.15) is 5.60 Å². The van der Waals surface area contributed by atoms with Gasteiger partial charge in [-0.2, -0.15) is 0 Å². The summed E-state index contributed by atoms with van der Waals surface area (Å²) in [5, 5.41) is 0. The summed E-state index contributed by atoms with van der Waals surface area (Å²) in [5.41, 5.74) is -0.484. The lowest BCUT2D eigenvalue weighted by Gasteiger charge is -2.27. The minimum Gasteiger partial charge on any atom is -0.460 e. The van der Waals surface area contributed by atoms with Crippen LogP contribution in [0.5, 0.6) is 0 Å². The molecule has 2 aliphatic rings. The zero-order chi connectivity index (χ0) is 15.8. The van der Waals surface area contributed by atoms with Crippen molar-refractivity contribution >= 4 is 5.97 Å². The summed E-state index contributed by atoms with van der Waals surface area (Å²) in [6.45, 7) is 13.7. The van der Waals surface area contributed by atoms with Crippen LogP contribution in [0, 0.1) is 5.92 Å². The molecule has 0 radical (unpaired) electrons. The molecule has 0 spiro atoms. The van der Waals surface area contributed by atoms with Gasteiger partial charge >= 0.3 is 5.97 Å². The molecule has 2 rings (SSSR count). The Bertz CT molecular complexity index is 380. The lowest BCUT2D eigenvalue weighted by atomic mass is 9.89. The second kappa shape index (κ2) is 5.88. The summed E-state index contributed by atoms with van der Waals surface area (Å²) >= 11 is 0. The Morgan fingerprint density at radius 2 is 1.76 bits per heavy atom. The van der Waals surface area contributed by atoms with E-state index in [1.165, 1.54) is 6.42 Å². The van der Waals surface area contributed by atoms with E-state index in [0.29, 0.717) is 12.1 Å². The van der Waals surface area contributed by atoms with Crippen LogP contribution in [0.25, 0.3) is 0 Å². The van der Waals surface area contributed by atoms with Crippen molar-refractivity contribution < 1.29 is 14.3 Å². The van der Waals surface area contributed by atoms with Gasteiger partial charge in [-0.25, -0.2) is 0 Å². The third-order valence-corrected chi connectivity index (χ3v) is 4.28. The Kier molecular flexibility index (Phi) is 4.69. The summed E-state index contributed by atoms with van der Waals surface area (Å²) < 4.78 is 11.4. The number of hydrogen-bond donors (Lipinski definition) is 0. The predicted octanol–water partition coefficient (Wildman–Crippen LogP) is 3.00. The average Bonchev–Trinajstić information content (AvgIpc) is 2.82. The molecule has 4 nitrogen and oxygen atoms in total. The molecule has 0 N–H and O–H groups in total. The first-order valence-corrected chi connectivity index (χ1v) is 8.19. The molecule has 0 saturated carbocycles. The molecule has 2 heterocycles. The first-order chi connectivity index (χ1) is 9.57. The highest BCUT2D eigenvalue weighted by Gasteiger charge is 2.49. The zero-order valence-electron chi connectivity index (χ0n) is 14.4. The number of hydrogen-bond acceptors (Lipinski definition) is 4. The van der Waals surface area contributed by atoms with Crippen molar-refractivity contribution in [2.24, 2.45) is 5.92 Å². The van der Waals surface area contributed by atoms with Gasteiger partial charge in [0, 0.05) is 18.6 Å². The first-order valence-electron chi connectivity index (χ1n) is 8.19. The van der Waals surface area contributed by atoms with E-state index < -0.39 is 0 Å². The van der Waals surface area contributed by atoms with E-state index in [2.05, 4.69) is 25.7 Å². The van der Waals surface area contributed by atoms with Crippen LogP contribution in [-0.2, 0) is 14.3 Å². The minimum atomic E-state index is -0.390. The molecule has 0 aromatic heterocycles. The monoisotopic (exact) mass is 297 g/mol. The molecule has 2 saturated heterocycles. The summed E-state index contributed by atoms with van der Waals surface area (Å²) in [6.07, 6.45) is 3.28. The van der Waals surface area contributed by atoms with Crippen LogP contribution in [0.3, 0.4) is 0 Å². The van der Waals surface area contributed by atoms with Gasteiger partial charge in [-0.15, -0.1) is 0 Å². The fraction of sp³-hybridized carbons (Fsp3) is 0.941. The fourth-order valence-corrected chi connectivity index (χ4v) is 3.54. The molecular formula is C17H31NO3. The fourth-order valence-electron chi connectivity index (χ4n) is 3.54. The van der Waals surface area contributed by atoms with Crippen molar-refractivity contribution in [1.82, 2.24) is 4.90 Å². The Morgan fingerprint density at radius 1 is 1.10 bits per heavy atom. The SMILES string of the molecule is CC(C)(C)OCCN1C2CCC1C(C(=O)OC(C)(C)C)C2. The third-order valence-electron chi connectivity index (χ3n) is 4.28. The van der Waals surface area contributed by atoms with Crippen LogP contribution < -0.4 is 0 Å². The Labute approximate surface area is 129 Å².